The standard InChI is InChI=1S/C15H16Si/c1-12-8-4-6-10-14(12)16(3)15-11-7-5-9-13(15)2/h4-11H,3H2,1-2H3. The van der Waals surface area contributed by atoms with Gasteiger partial charge in [-0.05, 0) is 35.3 Å². The zero-order valence-corrected chi connectivity index (χ0v) is 10.8. The van der Waals surface area contributed by atoms with Crippen molar-refractivity contribution in [3.63, 3.8) is 0 Å². The van der Waals surface area contributed by atoms with Crippen molar-refractivity contribution in [1.29, 1.82) is 0 Å². The van der Waals surface area contributed by atoms with Crippen molar-refractivity contribution in [2.75, 3.05) is 0 Å². The molecule has 0 aromatic heterocycles. The topological polar surface area (TPSA) is 0 Å². The van der Waals surface area contributed by atoms with Crippen LogP contribution in [0.1, 0.15) is 11.1 Å². The molecular weight excluding hydrogens is 208 g/mol. The van der Waals surface area contributed by atoms with Crippen molar-refractivity contribution >= 4 is 25.0 Å². The SMILES string of the molecule is C=[Si](c1ccccc1C)c1ccccc1C. The molecule has 0 saturated heterocycles. The van der Waals surface area contributed by atoms with Gasteiger partial charge in [0.15, 0.2) is 0 Å². The lowest BCUT2D eigenvalue weighted by molar-refractivity contribution is 1.50. The van der Waals surface area contributed by atoms with E-state index < -0.39 is 8.41 Å². The molecule has 0 amide bonds. The van der Waals surface area contributed by atoms with E-state index in [2.05, 4.69) is 68.6 Å². The highest BCUT2D eigenvalue weighted by atomic mass is 28.2. The Kier molecular flexibility index (Phi) is 3.16. The summed E-state index contributed by atoms with van der Waals surface area (Å²) >= 11 is 0. The van der Waals surface area contributed by atoms with Gasteiger partial charge in [-0.2, -0.15) is 0 Å². The maximum Gasteiger partial charge on any atom is 0.0733 e. The van der Waals surface area contributed by atoms with Crippen LogP contribution >= 0.6 is 0 Å². The molecule has 0 nitrogen and oxygen atoms in total. The van der Waals surface area contributed by atoms with E-state index in [-0.39, 0.29) is 0 Å². The Morgan fingerprint density at radius 2 is 1.12 bits per heavy atom. The van der Waals surface area contributed by atoms with Gasteiger partial charge in [0.2, 0.25) is 0 Å². The van der Waals surface area contributed by atoms with E-state index in [1.165, 1.54) is 21.5 Å². The molecule has 0 spiro atoms. The molecule has 0 unspecified atom stereocenters. The highest BCUT2D eigenvalue weighted by Crippen LogP contribution is 1.97. The molecule has 80 valence electrons. The quantitative estimate of drug-likeness (QED) is 0.684. The summed E-state index contributed by atoms with van der Waals surface area (Å²) in [5, 5.41) is 2.84. The zero-order valence-electron chi connectivity index (χ0n) is 9.83. The fourth-order valence-electron chi connectivity index (χ4n) is 1.97. The molecule has 0 saturated carbocycles. The van der Waals surface area contributed by atoms with Gasteiger partial charge in [-0.25, -0.2) is 0 Å². The molecule has 2 aromatic carbocycles. The van der Waals surface area contributed by atoms with Gasteiger partial charge in [0.25, 0.3) is 0 Å². The van der Waals surface area contributed by atoms with Crippen LogP contribution in [0.25, 0.3) is 0 Å². The molecule has 0 heterocycles. The minimum atomic E-state index is -0.855. The van der Waals surface area contributed by atoms with Crippen LogP contribution in [0.15, 0.2) is 48.5 Å². The second-order valence-corrected chi connectivity index (χ2v) is 6.14. The van der Waals surface area contributed by atoms with Crippen molar-refractivity contribution in [2.45, 2.75) is 13.8 Å². The van der Waals surface area contributed by atoms with Gasteiger partial charge in [0, 0.05) is 0 Å². The Morgan fingerprint density at radius 1 is 0.750 bits per heavy atom. The fraction of sp³-hybridized carbons (Fsp3) is 0.133. The van der Waals surface area contributed by atoms with Crippen LogP contribution in [0.2, 0.25) is 0 Å². The average molecular weight is 224 g/mol. The van der Waals surface area contributed by atoms with Crippen molar-refractivity contribution < 1.29 is 0 Å². The predicted molar refractivity (Wildman–Crippen MR) is 74.5 cm³/mol. The van der Waals surface area contributed by atoms with Crippen molar-refractivity contribution in [3.05, 3.63) is 59.7 Å². The summed E-state index contributed by atoms with van der Waals surface area (Å²) in [5.74, 6) is 0. The van der Waals surface area contributed by atoms with E-state index in [1.807, 2.05) is 0 Å². The van der Waals surface area contributed by atoms with Crippen LogP contribution in [0.4, 0.5) is 0 Å². The molecule has 2 rings (SSSR count). The highest BCUT2D eigenvalue weighted by molar-refractivity contribution is 6.86. The number of hydrogen-bond acceptors (Lipinski definition) is 0. The van der Waals surface area contributed by atoms with Crippen LogP contribution in [0.5, 0.6) is 0 Å². The Bertz CT molecular complexity index is 479. The molecule has 2 aromatic rings. The largest absolute Gasteiger partial charge is 0.110 e. The molecule has 0 aliphatic heterocycles. The molecule has 0 atom stereocenters. The third-order valence-electron chi connectivity index (χ3n) is 2.94. The van der Waals surface area contributed by atoms with E-state index >= 15 is 0 Å². The van der Waals surface area contributed by atoms with E-state index in [0.717, 1.165) is 0 Å². The van der Waals surface area contributed by atoms with Gasteiger partial charge in [-0.15, -0.1) is 6.17 Å². The van der Waals surface area contributed by atoms with Crippen molar-refractivity contribution in [3.8, 4) is 0 Å². The van der Waals surface area contributed by atoms with Crippen LogP contribution in [-0.2, 0) is 0 Å². The van der Waals surface area contributed by atoms with Gasteiger partial charge in [-0.1, -0.05) is 48.5 Å². The molecule has 0 aliphatic rings. The maximum absolute atomic E-state index is 4.40. The highest BCUT2D eigenvalue weighted by Gasteiger charge is 2.07. The molecule has 1 heteroatoms. The molecule has 0 radical (unpaired) electrons. The summed E-state index contributed by atoms with van der Waals surface area (Å²) in [6.07, 6.45) is 4.40. The number of rotatable bonds is 2. The first-order valence-electron chi connectivity index (χ1n) is 5.51. The maximum atomic E-state index is 4.40. The monoisotopic (exact) mass is 224 g/mol. The molecule has 0 fully saturated rings. The molecular formula is C15H16Si. The third kappa shape index (κ3) is 2.05. The second-order valence-electron chi connectivity index (χ2n) is 4.11. The summed E-state index contributed by atoms with van der Waals surface area (Å²) in [6, 6.07) is 17.2. The van der Waals surface area contributed by atoms with E-state index in [1.54, 1.807) is 0 Å². The molecule has 0 bridgehead atoms. The number of aryl methyl sites for hydroxylation is 2. The lowest BCUT2D eigenvalue weighted by atomic mass is 10.2. The Morgan fingerprint density at radius 3 is 1.50 bits per heavy atom. The Hall–Kier alpha value is -1.47. The van der Waals surface area contributed by atoms with E-state index in [9.17, 15) is 0 Å². The summed E-state index contributed by atoms with van der Waals surface area (Å²) in [5.41, 5.74) is 2.71. The van der Waals surface area contributed by atoms with Gasteiger partial charge in [0.05, 0.1) is 8.41 Å². The van der Waals surface area contributed by atoms with Crippen molar-refractivity contribution in [1.82, 2.24) is 0 Å². The lowest BCUT2D eigenvalue weighted by Gasteiger charge is -2.10. The van der Waals surface area contributed by atoms with Crippen molar-refractivity contribution in [2.24, 2.45) is 0 Å². The van der Waals surface area contributed by atoms with Gasteiger partial charge in [-0.3, -0.25) is 0 Å². The summed E-state index contributed by atoms with van der Waals surface area (Å²) < 4.78 is 0. The van der Waals surface area contributed by atoms with Crippen LogP contribution < -0.4 is 10.4 Å². The van der Waals surface area contributed by atoms with Gasteiger partial charge < -0.3 is 0 Å². The number of benzene rings is 2. The smallest absolute Gasteiger partial charge is 0.0733 e. The first-order chi connectivity index (χ1) is 7.70. The zero-order chi connectivity index (χ0) is 11.5. The van der Waals surface area contributed by atoms with Gasteiger partial charge >= 0.3 is 0 Å². The van der Waals surface area contributed by atoms with Gasteiger partial charge in [0.1, 0.15) is 0 Å². The third-order valence-corrected chi connectivity index (χ3v) is 5.36. The normalized spacial score (nSPS) is 10.1. The Balaban J connectivity index is 2.48. The molecule has 0 N–H and O–H groups in total. The molecule has 0 aliphatic carbocycles. The summed E-state index contributed by atoms with van der Waals surface area (Å²) in [4.78, 5) is 0. The minimum absolute atomic E-state index is 0.855. The summed E-state index contributed by atoms with van der Waals surface area (Å²) in [6.45, 7) is 4.34. The van der Waals surface area contributed by atoms with Crippen LogP contribution in [0.3, 0.4) is 0 Å². The Labute approximate surface area is 98.8 Å². The summed E-state index contributed by atoms with van der Waals surface area (Å²) in [7, 11) is -0.855. The van der Waals surface area contributed by atoms with Crippen LogP contribution in [-0.4, -0.2) is 14.6 Å². The average Bonchev–Trinajstić information content (AvgIpc) is 2.29. The fourth-order valence-corrected chi connectivity index (χ4v) is 3.97. The first kappa shape index (κ1) is 11.0. The van der Waals surface area contributed by atoms with E-state index in [0.29, 0.717) is 0 Å². The first-order valence-corrected chi connectivity index (χ1v) is 7.22. The number of hydrogen-bond donors (Lipinski definition) is 0. The second kappa shape index (κ2) is 4.58. The molecule has 16 heavy (non-hydrogen) atoms. The predicted octanol–water partition coefficient (Wildman–Crippen LogP) is 1.93. The lowest BCUT2D eigenvalue weighted by Crippen LogP contribution is -2.37. The van der Waals surface area contributed by atoms with Crippen LogP contribution in [0, 0.1) is 13.8 Å². The minimum Gasteiger partial charge on any atom is -0.110 e. The van der Waals surface area contributed by atoms with E-state index in [4.69, 9.17) is 0 Å².